The van der Waals surface area contributed by atoms with Crippen molar-refractivity contribution in [1.82, 2.24) is 10.3 Å². The van der Waals surface area contributed by atoms with E-state index in [-0.39, 0.29) is 0 Å². The van der Waals surface area contributed by atoms with E-state index in [4.69, 9.17) is 0 Å². The molecule has 0 aromatic carbocycles. The number of thioether (sulfide) groups is 1. The molecule has 2 nitrogen and oxygen atoms in total. The Kier molecular flexibility index (Phi) is 5.52. The molecular weight excluding hydrogens is 212 g/mol. The Morgan fingerprint density at radius 2 is 2.43 bits per heavy atom. The quantitative estimate of drug-likeness (QED) is 0.813. The standard InChI is InChI=1S/C10H18N2S2/c1-4-9(6-13-3)12-8(2)10-5-11-7-14-10/h5,7-9,12H,4,6H2,1-3H3. The summed E-state index contributed by atoms with van der Waals surface area (Å²) in [4.78, 5) is 5.42. The van der Waals surface area contributed by atoms with Gasteiger partial charge in [-0.25, -0.2) is 0 Å². The molecule has 0 aliphatic heterocycles. The van der Waals surface area contributed by atoms with Crippen LogP contribution in [0.2, 0.25) is 0 Å². The summed E-state index contributed by atoms with van der Waals surface area (Å²) in [6.07, 6.45) is 5.29. The van der Waals surface area contributed by atoms with Crippen molar-refractivity contribution in [3.05, 3.63) is 16.6 Å². The highest BCUT2D eigenvalue weighted by molar-refractivity contribution is 7.98. The van der Waals surface area contributed by atoms with Crippen LogP contribution >= 0.6 is 23.1 Å². The Hall–Kier alpha value is -0.0600. The molecule has 0 radical (unpaired) electrons. The van der Waals surface area contributed by atoms with Gasteiger partial charge >= 0.3 is 0 Å². The molecule has 2 atom stereocenters. The first-order valence-electron chi connectivity index (χ1n) is 4.91. The average molecular weight is 230 g/mol. The number of hydrogen-bond donors (Lipinski definition) is 1. The summed E-state index contributed by atoms with van der Waals surface area (Å²) in [7, 11) is 0. The van der Waals surface area contributed by atoms with E-state index < -0.39 is 0 Å². The maximum atomic E-state index is 4.10. The number of hydrogen-bond acceptors (Lipinski definition) is 4. The van der Waals surface area contributed by atoms with Crippen molar-refractivity contribution < 1.29 is 0 Å². The number of nitrogens with one attached hydrogen (secondary N) is 1. The van der Waals surface area contributed by atoms with Gasteiger partial charge in [-0.1, -0.05) is 6.92 Å². The van der Waals surface area contributed by atoms with E-state index in [1.807, 2.05) is 23.5 Å². The number of nitrogens with zero attached hydrogens (tertiary/aromatic N) is 1. The number of rotatable bonds is 6. The second-order valence-electron chi connectivity index (χ2n) is 3.35. The van der Waals surface area contributed by atoms with Crippen molar-refractivity contribution in [3.8, 4) is 0 Å². The fourth-order valence-corrected chi connectivity index (χ4v) is 2.73. The van der Waals surface area contributed by atoms with Crippen molar-refractivity contribution in [2.45, 2.75) is 32.4 Å². The van der Waals surface area contributed by atoms with E-state index in [0.717, 1.165) is 0 Å². The molecule has 0 aliphatic rings. The molecular formula is C10H18N2S2. The van der Waals surface area contributed by atoms with Gasteiger partial charge in [-0.2, -0.15) is 11.8 Å². The fourth-order valence-electron chi connectivity index (χ4n) is 1.36. The Balaban J connectivity index is 2.42. The molecule has 0 spiro atoms. The molecule has 14 heavy (non-hydrogen) atoms. The maximum absolute atomic E-state index is 4.10. The zero-order valence-electron chi connectivity index (χ0n) is 8.99. The normalized spacial score (nSPS) is 15.4. The maximum Gasteiger partial charge on any atom is 0.0794 e. The van der Waals surface area contributed by atoms with Crippen LogP contribution in [0.4, 0.5) is 0 Å². The molecule has 80 valence electrons. The average Bonchev–Trinajstić information content (AvgIpc) is 2.69. The molecule has 4 heteroatoms. The summed E-state index contributed by atoms with van der Waals surface area (Å²) in [6, 6.07) is 1.04. The summed E-state index contributed by atoms with van der Waals surface area (Å²) in [5.74, 6) is 1.18. The molecule has 1 heterocycles. The molecule has 1 aromatic heterocycles. The molecule has 1 rings (SSSR count). The summed E-state index contributed by atoms with van der Waals surface area (Å²) < 4.78 is 0. The third kappa shape index (κ3) is 3.59. The lowest BCUT2D eigenvalue weighted by Gasteiger charge is -2.20. The lowest BCUT2D eigenvalue weighted by molar-refractivity contribution is 0.479. The van der Waals surface area contributed by atoms with Crippen molar-refractivity contribution in [3.63, 3.8) is 0 Å². The van der Waals surface area contributed by atoms with Crippen LogP contribution in [-0.2, 0) is 0 Å². The van der Waals surface area contributed by atoms with Gasteiger partial charge < -0.3 is 5.32 Å². The summed E-state index contributed by atoms with van der Waals surface area (Å²) in [6.45, 7) is 4.43. The van der Waals surface area contributed by atoms with Gasteiger partial charge in [0.1, 0.15) is 0 Å². The molecule has 0 amide bonds. The Morgan fingerprint density at radius 1 is 1.64 bits per heavy atom. The molecule has 0 fully saturated rings. The fraction of sp³-hybridized carbons (Fsp3) is 0.700. The summed E-state index contributed by atoms with van der Waals surface area (Å²) >= 11 is 3.62. The monoisotopic (exact) mass is 230 g/mol. The third-order valence-corrected chi connectivity index (χ3v) is 3.92. The van der Waals surface area contributed by atoms with Crippen molar-refractivity contribution in [2.75, 3.05) is 12.0 Å². The second kappa shape index (κ2) is 6.43. The van der Waals surface area contributed by atoms with Crippen LogP contribution in [0.15, 0.2) is 11.7 Å². The molecule has 0 saturated carbocycles. The zero-order chi connectivity index (χ0) is 10.4. The van der Waals surface area contributed by atoms with Gasteiger partial charge in [-0.15, -0.1) is 11.3 Å². The Bertz CT molecular complexity index is 236. The van der Waals surface area contributed by atoms with E-state index in [9.17, 15) is 0 Å². The van der Waals surface area contributed by atoms with Crippen LogP contribution in [0.1, 0.15) is 31.2 Å². The highest BCUT2D eigenvalue weighted by Gasteiger charge is 2.11. The van der Waals surface area contributed by atoms with E-state index in [1.54, 1.807) is 11.3 Å². The Morgan fingerprint density at radius 3 is 2.93 bits per heavy atom. The lowest BCUT2D eigenvalue weighted by Crippen LogP contribution is -2.32. The molecule has 0 bridgehead atoms. The minimum Gasteiger partial charge on any atom is -0.306 e. The second-order valence-corrected chi connectivity index (χ2v) is 5.18. The minimum absolute atomic E-state index is 0.430. The van der Waals surface area contributed by atoms with E-state index >= 15 is 0 Å². The minimum atomic E-state index is 0.430. The Labute approximate surface area is 94.5 Å². The van der Waals surface area contributed by atoms with Crippen LogP contribution in [0.25, 0.3) is 0 Å². The highest BCUT2D eigenvalue weighted by Crippen LogP contribution is 2.17. The highest BCUT2D eigenvalue weighted by atomic mass is 32.2. The first-order valence-corrected chi connectivity index (χ1v) is 7.18. The first kappa shape index (κ1) is 12.0. The molecule has 1 aromatic rings. The van der Waals surface area contributed by atoms with Crippen LogP contribution < -0.4 is 5.32 Å². The van der Waals surface area contributed by atoms with E-state index in [1.165, 1.54) is 17.1 Å². The van der Waals surface area contributed by atoms with Gasteiger partial charge in [-0.05, 0) is 19.6 Å². The van der Waals surface area contributed by atoms with E-state index in [2.05, 4.69) is 30.4 Å². The first-order chi connectivity index (χ1) is 6.77. The molecule has 0 aliphatic carbocycles. The van der Waals surface area contributed by atoms with Gasteiger partial charge in [0.25, 0.3) is 0 Å². The number of thiazole rings is 1. The number of aromatic nitrogens is 1. The topological polar surface area (TPSA) is 24.9 Å². The third-order valence-electron chi connectivity index (χ3n) is 2.22. The van der Waals surface area contributed by atoms with Crippen LogP contribution in [0, 0.1) is 0 Å². The van der Waals surface area contributed by atoms with Gasteiger partial charge in [0.2, 0.25) is 0 Å². The smallest absolute Gasteiger partial charge is 0.0794 e. The van der Waals surface area contributed by atoms with Crippen molar-refractivity contribution in [1.29, 1.82) is 0 Å². The van der Waals surface area contributed by atoms with Crippen molar-refractivity contribution in [2.24, 2.45) is 0 Å². The molecule has 0 saturated heterocycles. The van der Waals surface area contributed by atoms with Crippen LogP contribution in [0.5, 0.6) is 0 Å². The van der Waals surface area contributed by atoms with Gasteiger partial charge in [0, 0.05) is 28.9 Å². The van der Waals surface area contributed by atoms with Gasteiger partial charge in [-0.3, -0.25) is 4.98 Å². The molecule has 2 unspecified atom stereocenters. The predicted octanol–water partition coefficient (Wildman–Crippen LogP) is 2.94. The molecule has 1 N–H and O–H groups in total. The zero-order valence-corrected chi connectivity index (χ0v) is 10.6. The largest absolute Gasteiger partial charge is 0.306 e. The van der Waals surface area contributed by atoms with Crippen LogP contribution in [0.3, 0.4) is 0 Å². The van der Waals surface area contributed by atoms with Gasteiger partial charge in [0.05, 0.1) is 5.51 Å². The van der Waals surface area contributed by atoms with Crippen LogP contribution in [-0.4, -0.2) is 23.0 Å². The van der Waals surface area contributed by atoms with Gasteiger partial charge in [0.15, 0.2) is 0 Å². The predicted molar refractivity (Wildman–Crippen MR) is 66.1 cm³/mol. The lowest BCUT2D eigenvalue weighted by atomic mass is 10.2. The van der Waals surface area contributed by atoms with E-state index in [0.29, 0.717) is 12.1 Å². The SMILES string of the molecule is CCC(CSC)NC(C)c1cncs1. The summed E-state index contributed by atoms with van der Waals surface area (Å²) in [5, 5.41) is 3.62. The summed E-state index contributed by atoms with van der Waals surface area (Å²) in [5.41, 5.74) is 1.89. The van der Waals surface area contributed by atoms with Crippen molar-refractivity contribution >= 4 is 23.1 Å².